The van der Waals surface area contributed by atoms with E-state index in [4.69, 9.17) is 35.3 Å². The second-order valence-electron chi connectivity index (χ2n) is 21.8. The molecule has 0 saturated heterocycles. The third-order valence-corrected chi connectivity index (χ3v) is 14.8. The molecule has 0 radical (unpaired) electrons. The molecule has 0 unspecified atom stereocenters. The number of pyridine rings is 1. The Bertz CT molecular complexity index is 4210. The maximum Gasteiger partial charge on any atom is 0.409 e. The van der Waals surface area contributed by atoms with Crippen LogP contribution in [-0.4, -0.2) is 146 Å². The number of hydrogen-bond donors (Lipinski definition) is 6. The van der Waals surface area contributed by atoms with E-state index in [-0.39, 0.29) is 85.8 Å². The monoisotopic (exact) mass is 1240 g/mol. The maximum atomic E-state index is 14.0. The number of rotatable bonds is 27. The van der Waals surface area contributed by atoms with E-state index in [9.17, 15) is 43.2 Å². The van der Waals surface area contributed by atoms with Crippen molar-refractivity contribution in [3.05, 3.63) is 125 Å². The lowest BCUT2D eigenvalue weighted by molar-refractivity contribution is -0.137. The first-order valence-corrected chi connectivity index (χ1v) is 29.3. The Balaban J connectivity index is 0.849. The number of benzene rings is 2. The van der Waals surface area contributed by atoms with Crippen molar-refractivity contribution in [1.29, 1.82) is 0 Å². The van der Waals surface area contributed by atoms with Crippen LogP contribution in [0.3, 0.4) is 0 Å². The lowest BCUT2D eigenvalue weighted by atomic mass is 10.0. The molecule has 0 fully saturated rings. The molecule has 29 heteroatoms. The summed E-state index contributed by atoms with van der Waals surface area (Å²) in [6.45, 7) is 13.1. The lowest BCUT2D eigenvalue weighted by Gasteiger charge is -2.24. The highest BCUT2D eigenvalue weighted by atomic mass is 16.6. The summed E-state index contributed by atoms with van der Waals surface area (Å²) in [7, 11) is 1.56. The molecule has 9 rings (SSSR count). The lowest BCUT2D eigenvalue weighted by Crippen LogP contribution is -2.54. The number of primary amides is 2. The number of carbonyl (C=O) groups is 9. The van der Waals surface area contributed by atoms with Crippen LogP contribution in [0.15, 0.2) is 89.6 Å². The van der Waals surface area contributed by atoms with Crippen LogP contribution in [0.4, 0.5) is 16.4 Å². The molecular weight excluding hydrogens is 1170 g/mol. The van der Waals surface area contributed by atoms with E-state index in [0.717, 1.165) is 28.4 Å². The number of aryl methyl sites for hydroxylation is 4. The Morgan fingerprint density at radius 2 is 1.51 bits per heavy atom. The van der Waals surface area contributed by atoms with E-state index in [1.165, 1.54) is 30.2 Å². The molecule has 8 aromatic rings. The van der Waals surface area contributed by atoms with Gasteiger partial charge in [-0.1, -0.05) is 45.1 Å². The van der Waals surface area contributed by atoms with Crippen molar-refractivity contribution in [3.63, 3.8) is 0 Å². The second kappa shape index (κ2) is 27.9. The van der Waals surface area contributed by atoms with Crippen molar-refractivity contribution in [2.75, 3.05) is 37.4 Å². The average molecular weight is 1240 g/mol. The van der Waals surface area contributed by atoms with Gasteiger partial charge < -0.3 is 55.3 Å². The molecular formula is C62H69N17O12. The fraction of sp³-hybridized carbons (Fsp3) is 0.339. The molecule has 0 saturated carbocycles. The van der Waals surface area contributed by atoms with Gasteiger partial charge in [0.15, 0.2) is 11.7 Å². The Labute approximate surface area is 520 Å². The van der Waals surface area contributed by atoms with Gasteiger partial charge in [0.1, 0.15) is 46.9 Å². The maximum absolute atomic E-state index is 14.0. The minimum atomic E-state index is -1.01. The van der Waals surface area contributed by atoms with Crippen molar-refractivity contribution in [2.45, 2.75) is 106 Å². The van der Waals surface area contributed by atoms with Crippen LogP contribution in [-0.2, 0) is 61.4 Å². The Morgan fingerprint density at radius 1 is 0.791 bits per heavy atom. The molecule has 1 aliphatic rings. The number of allylic oxidation sites excluding steroid dienone is 2. The van der Waals surface area contributed by atoms with Gasteiger partial charge in [-0.15, -0.1) is 0 Å². The number of imidazole rings is 1. The zero-order valence-electron chi connectivity index (χ0n) is 51.4. The zero-order chi connectivity index (χ0) is 65.4. The SMILES string of the molecule is CCc1nc(C)oc1C(=O)Nc1nc2cc(C(N)=O)cc(OCCCN(C)C(=O)OCc3ccc(NC(=O)[C@H](C)NC(=O)[C@@H](NC(=O)CCN4C(=O)C=CC4=O)C(C)C)cc3)c2n1C/C=C/Cn1c2ncc(C(N)=O)cc2c2cnc(-c3cc(C)nn3CC)nc21. The van der Waals surface area contributed by atoms with Gasteiger partial charge in [0.05, 0.1) is 29.1 Å². The second-order valence-corrected chi connectivity index (χ2v) is 21.8. The van der Waals surface area contributed by atoms with Crippen LogP contribution < -0.4 is 37.5 Å². The van der Waals surface area contributed by atoms with Crippen LogP contribution in [0.5, 0.6) is 5.75 Å². The molecule has 29 nitrogen and oxygen atoms in total. The van der Waals surface area contributed by atoms with Gasteiger partial charge in [-0.25, -0.2) is 29.7 Å². The number of anilines is 2. The largest absolute Gasteiger partial charge is 0.491 e. The van der Waals surface area contributed by atoms with E-state index in [0.29, 0.717) is 75.6 Å². The van der Waals surface area contributed by atoms with Gasteiger partial charge in [0.2, 0.25) is 41.2 Å². The predicted molar refractivity (Wildman–Crippen MR) is 332 cm³/mol. The summed E-state index contributed by atoms with van der Waals surface area (Å²) < 4.78 is 23.1. The van der Waals surface area contributed by atoms with E-state index >= 15 is 0 Å². The van der Waals surface area contributed by atoms with Gasteiger partial charge in [0, 0.05) is 99.7 Å². The molecule has 2 aromatic carbocycles. The minimum absolute atomic E-state index is 0.00671. The summed E-state index contributed by atoms with van der Waals surface area (Å²) in [6, 6.07) is 11.0. The molecule has 0 aliphatic carbocycles. The molecule has 91 heavy (non-hydrogen) atoms. The fourth-order valence-corrected chi connectivity index (χ4v) is 10.1. The smallest absolute Gasteiger partial charge is 0.409 e. The number of ether oxygens (including phenoxy) is 2. The van der Waals surface area contributed by atoms with Crippen molar-refractivity contribution in [2.24, 2.45) is 17.4 Å². The summed E-state index contributed by atoms with van der Waals surface area (Å²) in [5.41, 5.74) is 16.5. The Morgan fingerprint density at radius 3 is 2.19 bits per heavy atom. The normalized spacial score (nSPS) is 13.0. The number of hydrogen-bond acceptors (Lipinski definition) is 18. The third kappa shape index (κ3) is 14.7. The van der Waals surface area contributed by atoms with Gasteiger partial charge in [-0.05, 0) is 81.5 Å². The number of imide groups is 1. The summed E-state index contributed by atoms with van der Waals surface area (Å²) in [5, 5.41) is 16.7. The van der Waals surface area contributed by atoms with E-state index in [1.54, 1.807) is 68.9 Å². The van der Waals surface area contributed by atoms with Gasteiger partial charge >= 0.3 is 6.09 Å². The van der Waals surface area contributed by atoms with E-state index in [1.807, 2.05) is 48.2 Å². The van der Waals surface area contributed by atoms with Crippen molar-refractivity contribution in [1.82, 2.24) is 64.3 Å². The molecule has 8 N–H and O–H groups in total. The van der Waals surface area contributed by atoms with Gasteiger partial charge in [0.25, 0.3) is 17.7 Å². The van der Waals surface area contributed by atoms with Crippen LogP contribution in [0.2, 0.25) is 0 Å². The molecule has 0 spiro atoms. The number of fused-ring (bicyclic) bond motifs is 4. The molecule has 9 amide bonds. The molecule has 7 heterocycles. The molecule has 6 aromatic heterocycles. The zero-order valence-corrected chi connectivity index (χ0v) is 51.4. The molecule has 0 bridgehead atoms. The highest BCUT2D eigenvalue weighted by molar-refractivity contribution is 6.13. The molecule has 1 aliphatic heterocycles. The summed E-state index contributed by atoms with van der Waals surface area (Å²) in [6.07, 6.45) is 8.90. The van der Waals surface area contributed by atoms with Crippen LogP contribution in [0, 0.1) is 19.8 Å². The quantitative estimate of drug-likeness (QED) is 0.0223. The predicted octanol–water partition coefficient (Wildman–Crippen LogP) is 5.02. The minimum Gasteiger partial charge on any atom is -0.491 e. The molecule has 474 valence electrons. The van der Waals surface area contributed by atoms with Gasteiger partial charge in [-0.3, -0.25) is 53.3 Å². The first-order chi connectivity index (χ1) is 43.5. The van der Waals surface area contributed by atoms with Crippen LogP contribution in [0.25, 0.3) is 44.6 Å². The fourth-order valence-electron chi connectivity index (χ4n) is 10.1. The summed E-state index contributed by atoms with van der Waals surface area (Å²) in [5.74, 6) is -4.10. The van der Waals surface area contributed by atoms with E-state index < -0.39 is 65.4 Å². The first kappa shape index (κ1) is 64.3. The number of carbonyl (C=O) groups excluding carboxylic acids is 9. The summed E-state index contributed by atoms with van der Waals surface area (Å²) >= 11 is 0. The first-order valence-electron chi connectivity index (χ1n) is 29.3. The van der Waals surface area contributed by atoms with Gasteiger partial charge in [-0.2, -0.15) is 5.10 Å². The van der Waals surface area contributed by atoms with Crippen molar-refractivity contribution in [3.8, 4) is 17.3 Å². The topological polar surface area (TPSA) is 384 Å². The number of aromatic nitrogens is 9. The Kier molecular flexibility index (Phi) is 19.7. The number of oxazole rings is 1. The van der Waals surface area contributed by atoms with Crippen molar-refractivity contribution < 1.29 is 57.0 Å². The van der Waals surface area contributed by atoms with Crippen LogP contribution in [0.1, 0.15) is 102 Å². The van der Waals surface area contributed by atoms with E-state index in [2.05, 4.69) is 41.3 Å². The average Bonchev–Trinajstić information content (AvgIpc) is 1.62. The number of nitrogens with zero attached hydrogens (tertiary/aromatic N) is 11. The Hall–Kier alpha value is -11.1. The highest BCUT2D eigenvalue weighted by Gasteiger charge is 2.30. The summed E-state index contributed by atoms with van der Waals surface area (Å²) in [4.78, 5) is 141. The molecule has 2 atom stereocenters. The van der Waals surface area contributed by atoms with Crippen molar-refractivity contribution >= 4 is 98.1 Å². The van der Waals surface area contributed by atoms with Crippen LogP contribution >= 0.6 is 0 Å². The number of nitrogens with two attached hydrogens (primary N) is 2. The number of nitrogens with one attached hydrogen (secondary N) is 4. The third-order valence-electron chi connectivity index (χ3n) is 14.8. The highest BCUT2D eigenvalue weighted by Crippen LogP contribution is 2.33. The standard InChI is InChI=1S/C62H69N17O12/c1-9-43-52(91-36(7)68-43)60(87)73-61-70-44-28-38(53(63)83)29-46(51(44)77(61)22-11-12-23-78-56-41(27-39(30-66-56)54(64)84)42-31-65-55(72-57(42)78)45-26-34(5)74-79(45)10-2)89-25-13-21-75(8)62(88)90-32-37-14-16-40(17-15-37)69-58(85)35(6)67-59(86)50(33(3)4)71-47(80)20-24-76-48(81)18-19-49(76)82/h11-12,14-19,26-31,33,35,50H,9-10,13,20-25,32H2,1-8H3,(H2,63,83)(H2,64,84)(H,67,86)(H,69,85)(H,71,80)(H,70,73,87)/b12-11+/t35-,50-/m0/s1. The number of amides is 9.